The minimum atomic E-state index is -1.43. The first kappa shape index (κ1) is 40.3. The summed E-state index contributed by atoms with van der Waals surface area (Å²) >= 11 is 0. The monoisotopic (exact) mass is 713 g/mol. The van der Waals surface area contributed by atoms with Crippen molar-refractivity contribution in [1.82, 2.24) is 4.90 Å². The highest BCUT2D eigenvalue weighted by Gasteiger charge is 2.58. The van der Waals surface area contributed by atoms with Crippen LogP contribution in [0.1, 0.15) is 124 Å². The fraction of sp³-hybridized carbons (Fsp3) is 0.725. The first-order valence-corrected chi connectivity index (χ1v) is 18.1. The summed E-state index contributed by atoms with van der Waals surface area (Å²) in [6.07, 6.45) is -5.05. The molecule has 11 nitrogen and oxygen atoms in total. The van der Waals surface area contributed by atoms with Gasteiger partial charge in [-0.3, -0.25) is 24.0 Å². The fourth-order valence-corrected chi connectivity index (χ4v) is 6.62. The van der Waals surface area contributed by atoms with Gasteiger partial charge in [0.2, 0.25) is 5.91 Å². The van der Waals surface area contributed by atoms with Crippen LogP contribution < -0.4 is 0 Å². The highest BCUT2D eigenvalue weighted by Crippen LogP contribution is 2.47. The molecule has 0 aromatic heterocycles. The molecule has 2 fully saturated rings. The number of piperidine rings is 1. The molecule has 0 radical (unpaired) electrons. The van der Waals surface area contributed by atoms with Crippen molar-refractivity contribution >= 4 is 29.8 Å². The van der Waals surface area contributed by atoms with Gasteiger partial charge >= 0.3 is 23.9 Å². The number of hydrogen-bond acceptors (Lipinski definition) is 10. The van der Waals surface area contributed by atoms with Crippen LogP contribution in [0.4, 0.5) is 0 Å². The molecule has 1 aromatic rings. The van der Waals surface area contributed by atoms with Crippen molar-refractivity contribution in [3.63, 3.8) is 0 Å². The Hall–Kier alpha value is -3.47. The topological polar surface area (TPSA) is 135 Å². The van der Waals surface area contributed by atoms with Gasteiger partial charge in [0.05, 0.1) is 27.7 Å². The second kappa shape index (κ2) is 14.2. The van der Waals surface area contributed by atoms with E-state index in [0.717, 1.165) is 23.1 Å². The third-order valence-electron chi connectivity index (χ3n) is 9.59. The highest BCUT2D eigenvalue weighted by atomic mass is 16.7. The quantitative estimate of drug-likeness (QED) is 0.243. The minimum absolute atomic E-state index is 0.102. The van der Waals surface area contributed by atoms with Crippen LogP contribution in [0.25, 0.3) is 0 Å². The zero-order valence-electron chi connectivity index (χ0n) is 33.1. The summed E-state index contributed by atoms with van der Waals surface area (Å²) in [4.78, 5) is 70.1. The summed E-state index contributed by atoms with van der Waals surface area (Å²) in [5, 5.41) is 0. The largest absolute Gasteiger partial charge is 0.462 e. The maximum absolute atomic E-state index is 14.3. The number of carbonyl (C=O) groups is 5. The van der Waals surface area contributed by atoms with Gasteiger partial charge in [-0.2, -0.15) is 0 Å². The van der Waals surface area contributed by atoms with Crippen LogP contribution in [0.5, 0.6) is 0 Å². The second-order valence-electron chi connectivity index (χ2n) is 18.7. The zero-order chi connectivity index (χ0) is 38.6. The standard InChI is InChI=1S/C40H59NO10/c1-21-15-22(2)24-17-23-18-26(25(24)16-21)41(28(42)19-23)32-31(51-36(46)40(12,13)14)30(50-35(45)39(9,10)11)29(49-34(44)38(6,7)8)27(48-32)20-47-33(43)37(3,4)5/h15-16,23,26-27,29-32H,17-20H2,1-14H3/t23?,26?,27-,29+,30+,31-,32-/m1/s1. The van der Waals surface area contributed by atoms with Crippen LogP contribution in [0, 0.1) is 41.4 Å². The smallest absolute Gasteiger partial charge is 0.311 e. The van der Waals surface area contributed by atoms with Crippen molar-refractivity contribution in [2.75, 3.05) is 6.61 Å². The van der Waals surface area contributed by atoms with Gasteiger partial charge < -0.3 is 28.6 Å². The zero-order valence-corrected chi connectivity index (χ0v) is 33.1. The lowest BCUT2D eigenvalue weighted by Crippen LogP contribution is -2.68. The van der Waals surface area contributed by atoms with Crippen molar-refractivity contribution in [3.05, 3.63) is 34.4 Å². The predicted octanol–water partition coefficient (Wildman–Crippen LogP) is 6.33. The summed E-state index contributed by atoms with van der Waals surface area (Å²) < 4.78 is 31.1. The maximum atomic E-state index is 14.3. The molecule has 4 rings (SSSR count). The number of aryl methyl sites for hydroxylation is 2. The number of benzene rings is 1. The molecular formula is C40H59NO10. The lowest BCUT2D eigenvalue weighted by atomic mass is 9.73. The molecule has 0 spiro atoms. The Morgan fingerprint density at radius 2 is 1.20 bits per heavy atom. The van der Waals surface area contributed by atoms with E-state index in [0.29, 0.717) is 6.42 Å². The van der Waals surface area contributed by atoms with E-state index in [2.05, 4.69) is 19.1 Å². The van der Waals surface area contributed by atoms with Crippen LogP contribution in [0.2, 0.25) is 0 Å². The average molecular weight is 714 g/mol. The Labute approximate surface area is 303 Å². The Bertz CT molecular complexity index is 1540. The molecule has 7 atom stereocenters. The van der Waals surface area contributed by atoms with E-state index in [1.807, 2.05) is 6.92 Å². The number of carbonyl (C=O) groups excluding carboxylic acids is 5. The lowest BCUT2D eigenvalue weighted by Gasteiger charge is -2.53. The molecule has 2 aliphatic heterocycles. The molecule has 1 amide bonds. The molecule has 1 aromatic carbocycles. The van der Waals surface area contributed by atoms with Crippen molar-refractivity contribution in [1.29, 1.82) is 0 Å². The molecule has 11 heteroatoms. The summed E-state index contributed by atoms with van der Waals surface area (Å²) in [5.74, 6) is -2.55. The number of ether oxygens (including phenoxy) is 5. The fourth-order valence-electron chi connectivity index (χ4n) is 6.62. The summed E-state index contributed by atoms with van der Waals surface area (Å²) in [6, 6.07) is 3.78. The van der Waals surface area contributed by atoms with E-state index in [1.165, 1.54) is 5.56 Å². The third-order valence-corrected chi connectivity index (χ3v) is 9.59. The second-order valence-corrected chi connectivity index (χ2v) is 18.7. The normalized spacial score (nSPS) is 26.9. The molecular weight excluding hydrogens is 654 g/mol. The predicted molar refractivity (Wildman–Crippen MR) is 189 cm³/mol. The van der Waals surface area contributed by atoms with Crippen molar-refractivity contribution < 1.29 is 47.7 Å². The van der Waals surface area contributed by atoms with E-state index in [4.69, 9.17) is 23.7 Å². The van der Waals surface area contributed by atoms with Crippen LogP contribution >= 0.6 is 0 Å². The van der Waals surface area contributed by atoms with Crippen LogP contribution in [0.3, 0.4) is 0 Å². The summed E-state index contributed by atoms with van der Waals surface area (Å²) in [7, 11) is 0. The Morgan fingerprint density at radius 3 is 1.71 bits per heavy atom. The number of likely N-dealkylation sites (tertiary alicyclic amines) is 1. The average Bonchev–Trinajstić information content (AvgIpc) is 2.96. The van der Waals surface area contributed by atoms with Gasteiger partial charge in [0.25, 0.3) is 0 Å². The Balaban J connectivity index is 1.94. The molecule has 2 saturated heterocycles. The molecule has 2 unspecified atom stereocenters. The van der Waals surface area contributed by atoms with Gasteiger partial charge in [0.15, 0.2) is 24.5 Å². The molecule has 284 valence electrons. The Kier molecular flexibility index (Phi) is 11.2. The molecule has 3 aliphatic rings. The molecule has 1 aliphatic carbocycles. The van der Waals surface area contributed by atoms with Gasteiger partial charge in [-0.1, -0.05) is 17.7 Å². The number of hydrogen-bond donors (Lipinski definition) is 0. The van der Waals surface area contributed by atoms with Gasteiger partial charge in [0.1, 0.15) is 12.7 Å². The van der Waals surface area contributed by atoms with E-state index in [-0.39, 0.29) is 24.9 Å². The maximum Gasteiger partial charge on any atom is 0.311 e. The highest BCUT2D eigenvalue weighted by molar-refractivity contribution is 5.80. The third kappa shape index (κ3) is 8.95. The molecule has 2 heterocycles. The molecule has 2 bridgehead atoms. The van der Waals surface area contributed by atoms with Crippen molar-refractivity contribution in [3.8, 4) is 0 Å². The van der Waals surface area contributed by atoms with Crippen LogP contribution in [-0.4, -0.2) is 71.9 Å². The number of nitrogens with zero attached hydrogens (tertiary/aromatic N) is 1. The number of rotatable bonds is 6. The van der Waals surface area contributed by atoms with Gasteiger partial charge in [0, 0.05) is 6.42 Å². The van der Waals surface area contributed by atoms with E-state index in [9.17, 15) is 24.0 Å². The van der Waals surface area contributed by atoms with Crippen LogP contribution in [0.15, 0.2) is 12.1 Å². The lowest BCUT2D eigenvalue weighted by molar-refractivity contribution is -0.287. The first-order chi connectivity index (χ1) is 23.2. The Morgan fingerprint density at radius 1 is 0.706 bits per heavy atom. The van der Waals surface area contributed by atoms with Crippen molar-refractivity contribution in [2.24, 2.45) is 27.6 Å². The molecule has 51 heavy (non-hydrogen) atoms. The first-order valence-electron chi connectivity index (χ1n) is 18.1. The van der Waals surface area contributed by atoms with Gasteiger partial charge in [-0.25, -0.2) is 0 Å². The summed E-state index contributed by atoms with van der Waals surface area (Å²) in [5.41, 5.74) is 0.469. The molecule has 0 saturated carbocycles. The minimum Gasteiger partial charge on any atom is -0.462 e. The van der Waals surface area contributed by atoms with E-state index < -0.39 is 82.2 Å². The van der Waals surface area contributed by atoms with Crippen molar-refractivity contribution in [2.45, 2.75) is 153 Å². The number of amides is 1. The summed E-state index contributed by atoms with van der Waals surface area (Å²) in [6.45, 7) is 24.0. The van der Waals surface area contributed by atoms with E-state index >= 15 is 0 Å². The SMILES string of the molecule is Cc1cc(C)c2c(c1)C1CC(CC(=O)N1[C@@H]1O[C@H](COC(=O)C(C)(C)C)[C@H](OC(=O)C(C)(C)C)[C@H](OC(=O)C(C)(C)C)[C@H]1OC(=O)C(C)(C)C)C2. The number of esters is 4. The number of fused-ring (bicyclic) bond motifs is 4. The van der Waals surface area contributed by atoms with Gasteiger partial charge in [-0.15, -0.1) is 0 Å². The van der Waals surface area contributed by atoms with E-state index in [1.54, 1.807) is 88.0 Å². The van der Waals surface area contributed by atoms with Crippen LogP contribution in [-0.2, 0) is 54.1 Å². The molecule has 0 N–H and O–H groups in total. The van der Waals surface area contributed by atoms with Gasteiger partial charge in [-0.05, 0) is 132 Å².